The van der Waals surface area contributed by atoms with Gasteiger partial charge in [-0.1, -0.05) is 0 Å². The molecule has 0 atom stereocenters. The Morgan fingerprint density at radius 3 is 2.50 bits per heavy atom. The van der Waals surface area contributed by atoms with E-state index in [2.05, 4.69) is 0 Å². The Labute approximate surface area is 180 Å². The van der Waals surface area contributed by atoms with Gasteiger partial charge < -0.3 is 19.1 Å². The SMILES string of the molecule is CCOc1ccc(N(CCC#N)C(=O)COC(=O)c2ccc(SC)cc2OC)cc1. The first-order valence-electron chi connectivity index (χ1n) is 9.33. The Morgan fingerprint density at radius 2 is 1.90 bits per heavy atom. The molecule has 0 aliphatic carbocycles. The van der Waals surface area contributed by atoms with Crippen LogP contribution in [0.5, 0.6) is 11.5 Å². The van der Waals surface area contributed by atoms with Crippen LogP contribution in [0.2, 0.25) is 0 Å². The molecule has 0 heterocycles. The van der Waals surface area contributed by atoms with E-state index in [1.807, 2.05) is 19.2 Å². The minimum atomic E-state index is -0.653. The van der Waals surface area contributed by atoms with Gasteiger partial charge in [-0.25, -0.2) is 4.79 Å². The van der Waals surface area contributed by atoms with E-state index < -0.39 is 18.5 Å². The zero-order valence-corrected chi connectivity index (χ0v) is 18.0. The van der Waals surface area contributed by atoms with Gasteiger partial charge >= 0.3 is 5.97 Å². The van der Waals surface area contributed by atoms with Gasteiger partial charge in [0.25, 0.3) is 5.91 Å². The quantitative estimate of drug-likeness (QED) is 0.418. The third kappa shape index (κ3) is 6.16. The fraction of sp³-hybridized carbons (Fsp3) is 0.318. The average Bonchev–Trinajstić information content (AvgIpc) is 2.78. The first-order chi connectivity index (χ1) is 14.5. The van der Waals surface area contributed by atoms with Gasteiger partial charge in [-0.15, -0.1) is 11.8 Å². The Bertz CT molecular complexity index is 909. The van der Waals surface area contributed by atoms with Crippen molar-refractivity contribution in [2.75, 3.05) is 38.0 Å². The highest BCUT2D eigenvalue weighted by atomic mass is 32.2. The van der Waals surface area contributed by atoms with E-state index in [1.54, 1.807) is 42.5 Å². The van der Waals surface area contributed by atoms with E-state index in [0.717, 1.165) is 4.90 Å². The summed E-state index contributed by atoms with van der Waals surface area (Å²) in [6.07, 6.45) is 2.07. The number of methoxy groups -OCH3 is 1. The van der Waals surface area contributed by atoms with Crippen LogP contribution in [-0.4, -0.2) is 45.0 Å². The van der Waals surface area contributed by atoms with Crippen molar-refractivity contribution in [1.82, 2.24) is 0 Å². The number of amides is 1. The summed E-state index contributed by atoms with van der Waals surface area (Å²) in [7, 11) is 1.47. The van der Waals surface area contributed by atoms with E-state index in [9.17, 15) is 9.59 Å². The number of ether oxygens (including phenoxy) is 3. The maximum absolute atomic E-state index is 12.7. The largest absolute Gasteiger partial charge is 0.496 e. The molecule has 2 rings (SSSR count). The highest BCUT2D eigenvalue weighted by Crippen LogP contribution is 2.26. The molecule has 2 aromatic rings. The molecule has 0 saturated carbocycles. The predicted octanol–water partition coefficient (Wildman–Crippen LogP) is 3.92. The highest BCUT2D eigenvalue weighted by molar-refractivity contribution is 7.98. The fourth-order valence-electron chi connectivity index (χ4n) is 2.70. The molecule has 0 aliphatic heterocycles. The molecule has 0 spiro atoms. The van der Waals surface area contributed by atoms with Gasteiger partial charge in [-0.2, -0.15) is 5.26 Å². The van der Waals surface area contributed by atoms with Gasteiger partial charge in [-0.05, 0) is 55.6 Å². The van der Waals surface area contributed by atoms with Crippen LogP contribution in [0.4, 0.5) is 5.69 Å². The zero-order chi connectivity index (χ0) is 21.9. The normalized spacial score (nSPS) is 10.1. The molecule has 7 nitrogen and oxygen atoms in total. The molecule has 0 radical (unpaired) electrons. The van der Waals surface area contributed by atoms with E-state index in [1.165, 1.54) is 23.8 Å². The molecule has 0 fully saturated rings. The minimum Gasteiger partial charge on any atom is -0.496 e. The summed E-state index contributed by atoms with van der Waals surface area (Å²) in [6.45, 7) is 2.15. The lowest BCUT2D eigenvalue weighted by Gasteiger charge is -2.22. The van der Waals surface area contributed by atoms with E-state index >= 15 is 0 Å². The molecule has 30 heavy (non-hydrogen) atoms. The van der Waals surface area contributed by atoms with Crippen molar-refractivity contribution in [1.29, 1.82) is 5.26 Å². The lowest BCUT2D eigenvalue weighted by atomic mass is 10.2. The van der Waals surface area contributed by atoms with Crippen molar-refractivity contribution < 1.29 is 23.8 Å². The van der Waals surface area contributed by atoms with Crippen molar-refractivity contribution in [3.05, 3.63) is 48.0 Å². The van der Waals surface area contributed by atoms with Crippen LogP contribution < -0.4 is 14.4 Å². The standard InChI is InChI=1S/C22H24N2O5S/c1-4-28-17-8-6-16(7-9-17)24(13-5-12-23)21(25)15-29-22(26)19-11-10-18(30-3)14-20(19)27-2/h6-11,14H,4-5,13,15H2,1-3H3. The van der Waals surface area contributed by atoms with Crippen LogP contribution in [0.25, 0.3) is 0 Å². The number of thioether (sulfide) groups is 1. The van der Waals surface area contributed by atoms with Crippen LogP contribution >= 0.6 is 11.8 Å². The van der Waals surface area contributed by atoms with Crippen LogP contribution in [0, 0.1) is 11.3 Å². The summed E-state index contributed by atoms with van der Waals surface area (Å²) in [5, 5.41) is 8.92. The first-order valence-corrected chi connectivity index (χ1v) is 10.6. The second-order valence-electron chi connectivity index (χ2n) is 6.02. The van der Waals surface area contributed by atoms with Crippen molar-refractivity contribution in [3.8, 4) is 17.6 Å². The average molecular weight is 429 g/mol. The first kappa shape index (κ1) is 23.1. The Kier molecular flexibility index (Phi) is 9.03. The zero-order valence-electron chi connectivity index (χ0n) is 17.2. The third-order valence-electron chi connectivity index (χ3n) is 4.16. The summed E-state index contributed by atoms with van der Waals surface area (Å²) in [5.41, 5.74) is 0.837. The number of hydrogen-bond acceptors (Lipinski definition) is 7. The van der Waals surface area contributed by atoms with Crippen molar-refractivity contribution in [3.63, 3.8) is 0 Å². The van der Waals surface area contributed by atoms with Gasteiger partial charge in [0.05, 0.1) is 26.2 Å². The number of benzene rings is 2. The highest BCUT2D eigenvalue weighted by Gasteiger charge is 2.20. The maximum atomic E-state index is 12.7. The topological polar surface area (TPSA) is 88.9 Å². The number of rotatable bonds is 10. The van der Waals surface area contributed by atoms with Crippen LogP contribution in [-0.2, 0) is 9.53 Å². The molecular weight excluding hydrogens is 404 g/mol. The third-order valence-corrected chi connectivity index (χ3v) is 4.89. The number of nitrogens with zero attached hydrogens (tertiary/aromatic N) is 2. The fourth-order valence-corrected chi connectivity index (χ4v) is 3.13. The smallest absolute Gasteiger partial charge is 0.342 e. The summed E-state index contributed by atoms with van der Waals surface area (Å²) in [5.74, 6) is -0.0180. The van der Waals surface area contributed by atoms with Gasteiger partial charge in [0.15, 0.2) is 6.61 Å². The monoisotopic (exact) mass is 428 g/mol. The van der Waals surface area contributed by atoms with Gasteiger partial charge in [-0.3, -0.25) is 4.79 Å². The number of nitriles is 1. The van der Waals surface area contributed by atoms with Gasteiger partial charge in [0, 0.05) is 17.1 Å². The summed E-state index contributed by atoms with van der Waals surface area (Å²) in [6, 6.07) is 14.1. The Morgan fingerprint density at radius 1 is 1.17 bits per heavy atom. The number of hydrogen-bond donors (Lipinski definition) is 0. The second kappa shape index (κ2) is 11.7. The van der Waals surface area contributed by atoms with Gasteiger partial charge in [0.1, 0.15) is 17.1 Å². The summed E-state index contributed by atoms with van der Waals surface area (Å²) in [4.78, 5) is 27.6. The molecule has 0 unspecified atom stereocenters. The maximum Gasteiger partial charge on any atom is 0.342 e. The van der Waals surface area contributed by atoms with E-state index in [4.69, 9.17) is 19.5 Å². The number of carbonyl (C=O) groups excluding carboxylic acids is 2. The molecule has 8 heteroatoms. The van der Waals surface area contributed by atoms with Crippen molar-refractivity contribution in [2.24, 2.45) is 0 Å². The molecule has 0 N–H and O–H groups in total. The van der Waals surface area contributed by atoms with E-state index in [0.29, 0.717) is 23.8 Å². The van der Waals surface area contributed by atoms with Crippen LogP contribution in [0.1, 0.15) is 23.7 Å². The van der Waals surface area contributed by atoms with E-state index in [-0.39, 0.29) is 18.5 Å². The molecule has 0 saturated heterocycles. The van der Waals surface area contributed by atoms with Gasteiger partial charge in [0.2, 0.25) is 0 Å². The second-order valence-corrected chi connectivity index (χ2v) is 6.90. The van der Waals surface area contributed by atoms with Crippen LogP contribution in [0.15, 0.2) is 47.4 Å². The Balaban J connectivity index is 2.10. The van der Waals surface area contributed by atoms with Crippen molar-refractivity contribution in [2.45, 2.75) is 18.2 Å². The minimum absolute atomic E-state index is 0.150. The molecule has 0 aromatic heterocycles. The lowest BCUT2D eigenvalue weighted by Crippen LogP contribution is -2.35. The summed E-state index contributed by atoms with van der Waals surface area (Å²) < 4.78 is 15.9. The molecular formula is C22H24N2O5S. The predicted molar refractivity (Wildman–Crippen MR) is 115 cm³/mol. The van der Waals surface area contributed by atoms with Crippen molar-refractivity contribution >= 4 is 29.3 Å². The number of esters is 1. The molecule has 2 aromatic carbocycles. The molecule has 1 amide bonds. The Hall–Kier alpha value is -3.18. The number of anilines is 1. The number of carbonyl (C=O) groups is 2. The molecule has 158 valence electrons. The molecule has 0 aliphatic rings. The molecule has 0 bridgehead atoms. The summed E-state index contributed by atoms with van der Waals surface area (Å²) >= 11 is 1.52. The lowest BCUT2D eigenvalue weighted by molar-refractivity contribution is -0.121. The van der Waals surface area contributed by atoms with Crippen LogP contribution in [0.3, 0.4) is 0 Å².